The fourth-order valence-corrected chi connectivity index (χ4v) is 4.01. The maximum atomic E-state index is 12.3. The average molecular weight is 635 g/mol. The minimum atomic E-state index is -2.44. The molecule has 2 heterocycles. The molecule has 0 aromatic heterocycles. The number of ether oxygens (including phenoxy) is 4. The molecule has 2 aliphatic rings. The monoisotopic (exact) mass is 634 g/mol. The molecule has 1 unspecified atom stereocenters. The van der Waals surface area contributed by atoms with E-state index in [0.717, 1.165) is 13.8 Å². The van der Waals surface area contributed by atoms with Crippen molar-refractivity contribution >= 4 is 17.7 Å². The molecule has 15 atom stereocenters. The number of carbonyl (C=O) groups excluding carboxylic acids is 3. The highest BCUT2D eigenvalue weighted by atomic mass is 17.2. The molecule has 11 N–H and O–H groups in total. The van der Waals surface area contributed by atoms with Crippen LogP contribution in [0.25, 0.3) is 0 Å². The first kappa shape index (κ1) is 37.2. The Labute approximate surface area is 243 Å². The SMILES string of the molecule is CC(=O)OOC(=O)C(C)C(=O)[C@H](O)[C@@H](O)[C@H](O)[C@H](O)CO[C@H]1O[C@H](CO[C@H]2O[C@H](CO)[C@@H](O)[C@H](O)[C@H]2O)[C@@H](O)[C@H](O)[C@H]1O. The minimum absolute atomic E-state index is 0.677. The molecule has 2 rings (SSSR count). The molecule has 0 aromatic rings. The Morgan fingerprint density at radius 1 is 0.721 bits per heavy atom. The van der Waals surface area contributed by atoms with E-state index in [2.05, 4.69) is 9.78 Å². The van der Waals surface area contributed by atoms with Crippen molar-refractivity contribution in [3.63, 3.8) is 0 Å². The third kappa shape index (κ3) is 9.26. The first-order valence-corrected chi connectivity index (χ1v) is 12.9. The Hall–Kier alpha value is -1.99. The van der Waals surface area contributed by atoms with Gasteiger partial charge in [-0.25, -0.2) is 19.4 Å². The molecule has 2 fully saturated rings. The van der Waals surface area contributed by atoms with Crippen molar-refractivity contribution < 1.29 is 99.3 Å². The molecule has 43 heavy (non-hydrogen) atoms. The second kappa shape index (κ2) is 16.4. The van der Waals surface area contributed by atoms with Gasteiger partial charge in [-0.2, -0.15) is 0 Å². The molecule has 2 aliphatic heterocycles. The largest absolute Gasteiger partial charge is 0.394 e. The molecule has 0 spiro atoms. The molecule has 0 amide bonds. The zero-order valence-corrected chi connectivity index (χ0v) is 22.9. The Morgan fingerprint density at radius 3 is 1.77 bits per heavy atom. The summed E-state index contributed by atoms with van der Waals surface area (Å²) in [5.74, 6) is -5.57. The molecule has 20 heteroatoms. The standard InChI is InChI=1S/C23H38O20/c1-6(21(37)43-42-7(2)25)11(27)15(31)16(32)12(28)8(26)4-38-22-20(36)18(34)14(30)10(41-22)5-39-23-19(35)17(33)13(29)9(3-24)40-23/h6,8-10,12-20,22-24,26,28-36H,3-5H2,1-2H3/t6?,8-,9-,10-,12-,13-,14-,15+,16+,17+,18+,19-,20-,22+,23+/m1/s1. The summed E-state index contributed by atoms with van der Waals surface area (Å²) in [5.41, 5.74) is 0. The van der Waals surface area contributed by atoms with Crippen molar-refractivity contribution in [2.75, 3.05) is 19.8 Å². The van der Waals surface area contributed by atoms with Crippen LogP contribution in [0.3, 0.4) is 0 Å². The van der Waals surface area contributed by atoms with Gasteiger partial charge in [-0.05, 0) is 6.92 Å². The van der Waals surface area contributed by atoms with Gasteiger partial charge in [0.05, 0.1) is 19.8 Å². The second-order valence-corrected chi connectivity index (χ2v) is 9.97. The number of aliphatic hydroxyl groups excluding tert-OH is 11. The Morgan fingerprint density at radius 2 is 1.23 bits per heavy atom. The molecule has 20 nitrogen and oxygen atoms in total. The summed E-state index contributed by atoms with van der Waals surface area (Å²) in [4.78, 5) is 42.7. The quantitative estimate of drug-likeness (QED) is 0.0509. The molecule has 0 saturated carbocycles. The summed E-state index contributed by atoms with van der Waals surface area (Å²) >= 11 is 0. The lowest BCUT2D eigenvalue weighted by Gasteiger charge is -2.42. The normalized spacial score (nSPS) is 36.6. The van der Waals surface area contributed by atoms with Gasteiger partial charge in [-0.15, -0.1) is 0 Å². The van der Waals surface area contributed by atoms with E-state index in [-0.39, 0.29) is 0 Å². The predicted molar refractivity (Wildman–Crippen MR) is 128 cm³/mol. The number of Topliss-reactive ketones (excluding diaryl/α,β-unsaturated/α-hetero) is 1. The third-order valence-electron chi connectivity index (χ3n) is 6.75. The topological polar surface area (TPSA) is 329 Å². The molecule has 2 saturated heterocycles. The smallest absolute Gasteiger partial charge is 0.365 e. The van der Waals surface area contributed by atoms with Crippen molar-refractivity contribution in [3.8, 4) is 0 Å². The van der Waals surface area contributed by atoms with Crippen LogP contribution in [0.1, 0.15) is 13.8 Å². The second-order valence-electron chi connectivity index (χ2n) is 9.97. The van der Waals surface area contributed by atoms with Gasteiger partial charge in [0.1, 0.15) is 79.2 Å². The highest BCUT2D eigenvalue weighted by Crippen LogP contribution is 2.26. The average Bonchev–Trinajstić information content (AvgIpc) is 2.99. The number of carbonyl (C=O) groups is 3. The first-order valence-electron chi connectivity index (χ1n) is 12.9. The molecule has 0 radical (unpaired) electrons. The van der Waals surface area contributed by atoms with E-state index in [4.69, 9.17) is 18.9 Å². The number of hydrogen-bond acceptors (Lipinski definition) is 20. The first-order chi connectivity index (χ1) is 20.0. The van der Waals surface area contributed by atoms with E-state index in [1.807, 2.05) is 0 Å². The Kier molecular flexibility index (Phi) is 14.2. The zero-order chi connectivity index (χ0) is 32.8. The maximum Gasteiger partial charge on any atom is 0.365 e. The third-order valence-corrected chi connectivity index (χ3v) is 6.75. The molecule has 0 aliphatic carbocycles. The van der Waals surface area contributed by atoms with Crippen molar-refractivity contribution in [2.45, 2.75) is 99.7 Å². The van der Waals surface area contributed by atoms with Crippen LogP contribution in [0.15, 0.2) is 0 Å². The highest BCUT2D eigenvalue weighted by molar-refractivity contribution is 6.01. The molecule has 0 bridgehead atoms. The van der Waals surface area contributed by atoms with E-state index in [0.29, 0.717) is 0 Å². The zero-order valence-electron chi connectivity index (χ0n) is 22.9. The predicted octanol–water partition coefficient (Wildman–Crippen LogP) is -7.70. The van der Waals surface area contributed by atoms with Crippen LogP contribution in [-0.4, -0.2) is 180 Å². The highest BCUT2D eigenvalue weighted by Gasteiger charge is 2.48. The lowest BCUT2D eigenvalue weighted by Crippen LogP contribution is -2.62. The molecular weight excluding hydrogens is 596 g/mol. The van der Waals surface area contributed by atoms with Crippen LogP contribution in [0.5, 0.6) is 0 Å². The lowest BCUT2D eigenvalue weighted by molar-refractivity contribution is -0.333. The summed E-state index contributed by atoms with van der Waals surface area (Å²) in [7, 11) is 0. The van der Waals surface area contributed by atoms with Crippen molar-refractivity contribution in [3.05, 3.63) is 0 Å². The van der Waals surface area contributed by atoms with Gasteiger partial charge in [0.2, 0.25) is 0 Å². The summed E-state index contributed by atoms with van der Waals surface area (Å²) in [6.45, 7) is -0.548. The number of ketones is 1. The van der Waals surface area contributed by atoms with Gasteiger partial charge in [-0.3, -0.25) is 4.79 Å². The van der Waals surface area contributed by atoms with Gasteiger partial charge in [0.25, 0.3) is 0 Å². The number of hydrogen-bond donors (Lipinski definition) is 11. The van der Waals surface area contributed by atoms with Crippen LogP contribution < -0.4 is 0 Å². The summed E-state index contributed by atoms with van der Waals surface area (Å²) in [6, 6.07) is 0. The molecule has 250 valence electrons. The molecule has 0 aromatic carbocycles. The van der Waals surface area contributed by atoms with E-state index in [1.54, 1.807) is 0 Å². The lowest BCUT2D eigenvalue weighted by atomic mass is 9.94. The summed E-state index contributed by atoms with van der Waals surface area (Å²) < 4.78 is 20.9. The van der Waals surface area contributed by atoms with Crippen LogP contribution in [0, 0.1) is 5.92 Å². The van der Waals surface area contributed by atoms with E-state index in [9.17, 15) is 70.6 Å². The fraction of sp³-hybridized carbons (Fsp3) is 0.870. The maximum absolute atomic E-state index is 12.3. The van der Waals surface area contributed by atoms with E-state index >= 15 is 0 Å². The Balaban J connectivity index is 1.95. The minimum Gasteiger partial charge on any atom is -0.394 e. The van der Waals surface area contributed by atoms with Gasteiger partial charge in [-0.1, -0.05) is 0 Å². The van der Waals surface area contributed by atoms with Gasteiger partial charge < -0.3 is 75.1 Å². The van der Waals surface area contributed by atoms with Gasteiger partial charge in [0, 0.05) is 6.92 Å². The van der Waals surface area contributed by atoms with Gasteiger partial charge in [0.15, 0.2) is 18.4 Å². The van der Waals surface area contributed by atoms with Crippen LogP contribution >= 0.6 is 0 Å². The summed E-state index contributed by atoms with van der Waals surface area (Å²) in [5, 5.41) is 110. The number of aliphatic hydroxyl groups is 11. The summed E-state index contributed by atoms with van der Waals surface area (Å²) in [6.07, 6.45) is -26.4. The van der Waals surface area contributed by atoms with Crippen molar-refractivity contribution in [1.29, 1.82) is 0 Å². The van der Waals surface area contributed by atoms with Crippen LogP contribution in [-0.2, 0) is 43.1 Å². The fourth-order valence-electron chi connectivity index (χ4n) is 4.01. The van der Waals surface area contributed by atoms with Crippen LogP contribution in [0.4, 0.5) is 0 Å². The molecular formula is C23H38O20. The number of rotatable bonds is 13. The van der Waals surface area contributed by atoms with Gasteiger partial charge >= 0.3 is 11.9 Å². The Bertz CT molecular complexity index is 917. The van der Waals surface area contributed by atoms with Crippen LogP contribution in [0.2, 0.25) is 0 Å². The van der Waals surface area contributed by atoms with Crippen molar-refractivity contribution in [1.82, 2.24) is 0 Å². The van der Waals surface area contributed by atoms with E-state index < -0.39 is 129 Å². The van der Waals surface area contributed by atoms with E-state index in [1.165, 1.54) is 0 Å². The van der Waals surface area contributed by atoms with Crippen molar-refractivity contribution in [2.24, 2.45) is 5.92 Å².